The van der Waals surface area contributed by atoms with Crippen molar-refractivity contribution in [2.75, 3.05) is 0 Å². The van der Waals surface area contributed by atoms with E-state index in [2.05, 4.69) is 137 Å². The molecule has 6 aromatic carbocycles. The highest BCUT2D eigenvalue weighted by molar-refractivity contribution is 9.10. The van der Waals surface area contributed by atoms with Gasteiger partial charge in [0.2, 0.25) is 0 Å². The monoisotopic (exact) mass is 594 g/mol. The summed E-state index contributed by atoms with van der Waals surface area (Å²) in [5.41, 5.74) is 7.67. The van der Waals surface area contributed by atoms with Crippen LogP contribution >= 0.6 is 27.3 Å². The number of benzene rings is 6. The lowest BCUT2D eigenvalue weighted by Gasteiger charge is -2.33. The summed E-state index contributed by atoms with van der Waals surface area (Å²) in [5.74, 6) is 0. The Kier molecular flexibility index (Phi) is 5.36. The zero-order valence-electron chi connectivity index (χ0n) is 21.4. The average molecular weight is 596 g/mol. The number of aliphatic hydroxyl groups is 1. The Morgan fingerprint density at radius 2 is 1.05 bits per heavy atom. The van der Waals surface area contributed by atoms with E-state index < -0.39 is 5.60 Å². The maximum atomic E-state index is 13.3. The molecule has 1 atom stereocenters. The molecule has 190 valence electrons. The summed E-state index contributed by atoms with van der Waals surface area (Å²) in [6.45, 7) is 0. The number of thiophene rings is 1. The molecule has 0 radical (unpaired) electrons. The Hall–Kier alpha value is -4.02. The lowest BCUT2D eigenvalue weighted by Crippen LogP contribution is -2.30. The SMILES string of the molecule is OC1(c2ccccc2-c2ccc3sc4ccccc4c3c2)c2ccccc2-c2ccccc2-c2ccc(Br)cc21. The summed E-state index contributed by atoms with van der Waals surface area (Å²) < 4.78 is 3.49. The molecule has 1 N–H and O–H groups in total. The van der Waals surface area contributed by atoms with Gasteiger partial charge in [0.15, 0.2) is 0 Å². The molecule has 0 spiro atoms. The molecule has 0 amide bonds. The van der Waals surface area contributed by atoms with Crippen molar-refractivity contribution >= 4 is 47.4 Å². The highest BCUT2D eigenvalue weighted by Gasteiger charge is 2.42. The Morgan fingerprint density at radius 1 is 0.475 bits per heavy atom. The van der Waals surface area contributed by atoms with Gasteiger partial charge in [0.25, 0.3) is 0 Å². The summed E-state index contributed by atoms with van der Waals surface area (Å²) in [4.78, 5) is 0. The van der Waals surface area contributed by atoms with Gasteiger partial charge in [-0.15, -0.1) is 11.3 Å². The predicted octanol–water partition coefficient (Wildman–Crippen LogP) is 10.4. The van der Waals surface area contributed by atoms with E-state index in [-0.39, 0.29) is 0 Å². The zero-order chi connectivity index (χ0) is 26.8. The van der Waals surface area contributed by atoms with Crippen LogP contribution in [0.5, 0.6) is 0 Å². The molecule has 1 heterocycles. The molecular formula is C37H23BrOS. The smallest absolute Gasteiger partial charge is 0.142 e. The number of fused-ring (bicyclic) bond motifs is 8. The molecule has 40 heavy (non-hydrogen) atoms. The molecule has 1 aliphatic rings. The zero-order valence-corrected chi connectivity index (χ0v) is 23.8. The Balaban J connectivity index is 1.46. The van der Waals surface area contributed by atoms with Crippen molar-refractivity contribution in [3.05, 3.63) is 155 Å². The summed E-state index contributed by atoms with van der Waals surface area (Å²) >= 11 is 5.54. The normalized spacial score (nSPS) is 15.8. The molecule has 3 heteroatoms. The van der Waals surface area contributed by atoms with Crippen LogP contribution in [0.2, 0.25) is 0 Å². The summed E-state index contributed by atoms with van der Waals surface area (Å²) in [6, 6.07) is 46.7. The Labute approximate surface area is 245 Å². The third kappa shape index (κ3) is 3.42. The first-order chi connectivity index (χ1) is 19.6. The van der Waals surface area contributed by atoms with Crippen LogP contribution in [0.4, 0.5) is 0 Å². The third-order valence-corrected chi connectivity index (χ3v) is 9.85. The Bertz CT molecular complexity index is 2110. The topological polar surface area (TPSA) is 20.2 Å². The summed E-state index contributed by atoms with van der Waals surface area (Å²) in [6.07, 6.45) is 0. The van der Waals surface area contributed by atoms with Gasteiger partial charge in [-0.1, -0.05) is 119 Å². The first-order valence-electron chi connectivity index (χ1n) is 13.4. The molecule has 1 aliphatic carbocycles. The van der Waals surface area contributed by atoms with Gasteiger partial charge in [0.1, 0.15) is 5.60 Å². The predicted molar refractivity (Wildman–Crippen MR) is 172 cm³/mol. The molecule has 7 aromatic rings. The molecule has 0 aliphatic heterocycles. The van der Waals surface area contributed by atoms with Crippen molar-refractivity contribution in [2.24, 2.45) is 0 Å². The molecule has 1 nitrogen and oxygen atoms in total. The van der Waals surface area contributed by atoms with Crippen molar-refractivity contribution in [2.45, 2.75) is 5.60 Å². The second kappa shape index (κ2) is 9.00. The van der Waals surface area contributed by atoms with Gasteiger partial charge in [-0.25, -0.2) is 0 Å². The van der Waals surface area contributed by atoms with E-state index in [0.29, 0.717) is 0 Å². The van der Waals surface area contributed by atoms with Crippen LogP contribution in [0.15, 0.2) is 138 Å². The number of hydrogen-bond donors (Lipinski definition) is 1. The molecular weight excluding hydrogens is 572 g/mol. The van der Waals surface area contributed by atoms with Crippen molar-refractivity contribution in [3.63, 3.8) is 0 Å². The van der Waals surface area contributed by atoms with Gasteiger partial charge < -0.3 is 5.11 Å². The van der Waals surface area contributed by atoms with Crippen molar-refractivity contribution < 1.29 is 5.11 Å². The molecule has 0 fully saturated rings. The standard InChI is InChI=1S/C37H23BrOS/c38-24-18-19-29-27-11-2-1-10-26(27)28-12-4-7-15-33(28)37(39,34(29)22-24)32-14-6-3-9-25(32)23-17-20-36-31(21-23)30-13-5-8-16-35(30)40-36/h1-22,39H. The van der Waals surface area contributed by atoms with Crippen LogP contribution < -0.4 is 0 Å². The van der Waals surface area contributed by atoms with Crippen LogP contribution in [-0.4, -0.2) is 5.11 Å². The third-order valence-electron chi connectivity index (χ3n) is 8.20. The molecule has 1 unspecified atom stereocenters. The highest BCUT2D eigenvalue weighted by Crippen LogP contribution is 2.52. The highest BCUT2D eigenvalue weighted by atomic mass is 79.9. The first kappa shape index (κ1) is 23.8. The van der Waals surface area contributed by atoms with E-state index in [1.165, 1.54) is 20.2 Å². The average Bonchev–Trinajstić information content (AvgIpc) is 3.35. The fourth-order valence-electron chi connectivity index (χ4n) is 6.42. The molecule has 0 bridgehead atoms. The summed E-state index contributed by atoms with van der Waals surface area (Å²) in [7, 11) is 0. The fourth-order valence-corrected chi connectivity index (χ4v) is 7.86. The lowest BCUT2D eigenvalue weighted by molar-refractivity contribution is 0.127. The van der Waals surface area contributed by atoms with Crippen LogP contribution in [0.25, 0.3) is 53.6 Å². The van der Waals surface area contributed by atoms with Gasteiger partial charge in [0.05, 0.1) is 0 Å². The number of halogens is 1. The maximum absolute atomic E-state index is 13.3. The van der Waals surface area contributed by atoms with Gasteiger partial charge in [-0.3, -0.25) is 0 Å². The van der Waals surface area contributed by atoms with Gasteiger partial charge in [0, 0.05) is 41.3 Å². The van der Waals surface area contributed by atoms with Crippen LogP contribution in [0.1, 0.15) is 16.7 Å². The van der Waals surface area contributed by atoms with E-state index in [0.717, 1.165) is 54.5 Å². The quantitative estimate of drug-likeness (QED) is 0.211. The van der Waals surface area contributed by atoms with E-state index in [1.807, 2.05) is 23.5 Å². The van der Waals surface area contributed by atoms with Crippen molar-refractivity contribution in [3.8, 4) is 33.4 Å². The molecule has 8 rings (SSSR count). The molecule has 0 saturated heterocycles. The fraction of sp³-hybridized carbons (Fsp3) is 0.0270. The molecule has 0 saturated carbocycles. The largest absolute Gasteiger partial charge is 0.376 e. The van der Waals surface area contributed by atoms with E-state index in [1.54, 1.807) is 0 Å². The minimum Gasteiger partial charge on any atom is -0.376 e. The first-order valence-corrected chi connectivity index (χ1v) is 15.0. The number of rotatable bonds is 2. The second-order valence-corrected chi connectivity index (χ2v) is 12.3. The van der Waals surface area contributed by atoms with Crippen LogP contribution in [-0.2, 0) is 5.60 Å². The Morgan fingerprint density at radius 3 is 1.82 bits per heavy atom. The minimum atomic E-state index is -1.39. The van der Waals surface area contributed by atoms with Gasteiger partial charge in [-0.2, -0.15) is 0 Å². The minimum absolute atomic E-state index is 0.869. The van der Waals surface area contributed by atoms with E-state index in [9.17, 15) is 5.11 Å². The maximum Gasteiger partial charge on any atom is 0.142 e. The molecule has 1 aromatic heterocycles. The summed E-state index contributed by atoms with van der Waals surface area (Å²) in [5, 5.41) is 15.8. The van der Waals surface area contributed by atoms with Crippen LogP contribution in [0, 0.1) is 0 Å². The van der Waals surface area contributed by atoms with E-state index >= 15 is 0 Å². The van der Waals surface area contributed by atoms with Gasteiger partial charge in [-0.05, 0) is 63.7 Å². The number of hydrogen-bond acceptors (Lipinski definition) is 2. The van der Waals surface area contributed by atoms with Crippen molar-refractivity contribution in [1.29, 1.82) is 0 Å². The lowest BCUT2D eigenvalue weighted by atomic mass is 9.75. The second-order valence-electron chi connectivity index (χ2n) is 10.3. The van der Waals surface area contributed by atoms with E-state index in [4.69, 9.17) is 0 Å². The van der Waals surface area contributed by atoms with Crippen LogP contribution in [0.3, 0.4) is 0 Å². The van der Waals surface area contributed by atoms with Crippen molar-refractivity contribution in [1.82, 2.24) is 0 Å². The van der Waals surface area contributed by atoms with Gasteiger partial charge >= 0.3 is 0 Å².